The van der Waals surface area contributed by atoms with Gasteiger partial charge in [-0.05, 0) is 62.1 Å². The molecule has 208 valence electrons. The summed E-state index contributed by atoms with van der Waals surface area (Å²) in [6.07, 6.45) is 8.31. The molecular weight excluding hydrogens is 492 g/mol. The summed E-state index contributed by atoms with van der Waals surface area (Å²) in [6.45, 7) is 4.02. The van der Waals surface area contributed by atoms with Crippen molar-refractivity contribution in [2.75, 3.05) is 14.2 Å². The molecule has 6 nitrogen and oxygen atoms in total. The second kappa shape index (κ2) is 13.6. The van der Waals surface area contributed by atoms with E-state index in [0.717, 1.165) is 36.1 Å². The smallest absolute Gasteiger partial charge is 0.306 e. The van der Waals surface area contributed by atoms with Crippen LogP contribution in [0.15, 0.2) is 48.6 Å². The van der Waals surface area contributed by atoms with Gasteiger partial charge in [-0.1, -0.05) is 37.3 Å². The number of para-hydroxylation sites is 1. The third kappa shape index (κ3) is 6.96. The number of fused-ring (bicyclic) bond motifs is 3. The zero-order chi connectivity index (χ0) is 27.8. The van der Waals surface area contributed by atoms with Crippen LogP contribution in [-0.2, 0) is 22.6 Å². The minimum absolute atomic E-state index is 0.106. The summed E-state index contributed by atoms with van der Waals surface area (Å²) in [5, 5.41) is 10.5. The molecule has 1 N–H and O–H groups in total. The van der Waals surface area contributed by atoms with Crippen LogP contribution in [0.2, 0.25) is 0 Å². The summed E-state index contributed by atoms with van der Waals surface area (Å²) >= 11 is 0. The van der Waals surface area contributed by atoms with Crippen LogP contribution in [0, 0.1) is 23.7 Å². The van der Waals surface area contributed by atoms with Crippen molar-refractivity contribution in [1.82, 2.24) is 0 Å². The molecular formula is C33H40O6. The summed E-state index contributed by atoms with van der Waals surface area (Å²) in [7, 11) is 3.18. The summed E-state index contributed by atoms with van der Waals surface area (Å²) in [5.74, 6) is 8.78. The largest absolute Gasteiger partial charge is 0.497 e. The Morgan fingerprint density at radius 2 is 2.03 bits per heavy atom. The highest BCUT2D eigenvalue weighted by molar-refractivity contribution is 5.69. The second-order valence-electron chi connectivity index (χ2n) is 10.4. The SMILES string of the molecule is CC#CCC(C)C(O)/C=C/C1CCC2Oc3c(CCCC(=O)OCc4ccc(OC)cc4OC)cccc3C12. The average Bonchev–Trinajstić information content (AvgIpc) is 3.53. The zero-order valence-electron chi connectivity index (χ0n) is 23.4. The summed E-state index contributed by atoms with van der Waals surface area (Å²) in [5.41, 5.74) is 3.19. The normalized spacial score (nSPS) is 20.8. The molecule has 0 aromatic heterocycles. The van der Waals surface area contributed by atoms with E-state index in [1.165, 1.54) is 5.56 Å². The number of ether oxygens (including phenoxy) is 4. The van der Waals surface area contributed by atoms with Gasteiger partial charge in [-0.3, -0.25) is 4.79 Å². The van der Waals surface area contributed by atoms with E-state index in [2.05, 4.69) is 36.1 Å². The van der Waals surface area contributed by atoms with Crippen LogP contribution in [0.5, 0.6) is 17.2 Å². The van der Waals surface area contributed by atoms with E-state index in [-0.39, 0.29) is 24.6 Å². The number of hydrogen-bond acceptors (Lipinski definition) is 6. The molecule has 1 aliphatic heterocycles. The fourth-order valence-electron chi connectivity index (χ4n) is 5.58. The second-order valence-corrected chi connectivity index (χ2v) is 10.4. The molecule has 6 heteroatoms. The Labute approximate surface area is 232 Å². The van der Waals surface area contributed by atoms with Gasteiger partial charge in [0.25, 0.3) is 0 Å². The Morgan fingerprint density at radius 3 is 2.79 bits per heavy atom. The van der Waals surface area contributed by atoms with Crippen LogP contribution in [0.3, 0.4) is 0 Å². The highest BCUT2D eigenvalue weighted by Gasteiger charge is 2.44. The molecule has 1 aliphatic carbocycles. The molecule has 2 aromatic carbocycles. The molecule has 2 aromatic rings. The highest BCUT2D eigenvalue weighted by Crippen LogP contribution is 2.52. The van der Waals surface area contributed by atoms with Crippen LogP contribution in [0.1, 0.15) is 68.6 Å². The molecule has 5 atom stereocenters. The molecule has 0 amide bonds. The molecule has 39 heavy (non-hydrogen) atoms. The van der Waals surface area contributed by atoms with Gasteiger partial charge >= 0.3 is 5.97 Å². The van der Waals surface area contributed by atoms with E-state index >= 15 is 0 Å². The molecule has 0 saturated heterocycles. The van der Waals surface area contributed by atoms with E-state index in [4.69, 9.17) is 18.9 Å². The van der Waals surface area contributed by atoms with Gasteiger partial charge in [0.05, 0.1) is 20.3 Å². The van der Waals surface area contributed by atoms with Gasteiger partial charge in [-0.15, -0.1) is 11.8 Å². The number of methoxy groups -OCH3 is 2. The molecule has 0 radical (unpaired) electrons. The maximum absolute atomic E-state index is 12.4. The maximum atomic E-state index is 12.4. The van der Waals surface area contributed by atoms with E-state index < -0.39 is 6.10 Å². The van der Waals surface area contributed by atoms with Crippen molar-refractivity contribution in [3.8, 4) is 29.1 Å². The van der Waals surface area contributed by atoms with Crippen LogP contribution in [0.4, 0.5) is 0 Å². The molecule has 1 fully saturated rings. The fraction of sp³-hybridized carbons (Fsp3) is 0.485. The summed E-state index contributed by atoms with van der Waals surface area (Å²) in [6, 6.07) is 11.8. The topological polar surface area (TPSA) is 74.2 Å². The van der Waals surface area contributed by atoms with Crippen LogP contribution < -0.4 is 14.2 Å². The first kappa shape index (κ1) is 28.6. The van der Waals surface area contributed by atoms with Crippen molar-refractivity contribution >= 4 is 5.97 Å². The number of esters is 1. The van der Waals surface area contributed by atoms with Gasteiger partial charge in [-0.25, -0.2) is 0 Å². The quantitative estimate of drug-likeness (QED) is 0.206. The molecule has 5 unspecified atom stereocenters. The molecule has 1 saturated carbocycles. The number of rotatable bonds is 12. The predicted octanol–water partition coefficient (Wildman–Crippen LogP) is 5.99. The van der Waals surface area contributed by atoms with Crippen LogP contribution >= 0.6 is 0 Å². The number of carbonyl (C=O) groups excluding carboxylic acids is 1. The number of aliphatic hydroxyl groups excluding tert-OH is 1. The van der Waals surface area contributed by atoms with Crippen molar-refractivity contribution in [2.45, 2.75) is 77.1 Å². The number of carbonyl (C=O) groups is 1. The molecule has 1 heterocycles. The lowest BCUT2D eigenvalue weighted by atomic mass is 9.86. The van der Waals surface area contributed by atoms with Crippen LogP contribution in [-0.4, -0.2) is 37.5 Å². The van der Waals surface area contributed by atoms with E-state index in [1.807, 2.05) is 32.1 Å². The lowest BCUT2D eigenvalue weighted by Gasteiger charge is -2.17. The number of aryl methyl sites for hydroxylation is 1. The molecule has 4 rings (SSSR count). The summed E-state index contributed by atoms with van der Waals surface area (Å²) < 4.78 is 22.6. The van der Waals surface area contributed by atoms with Crippen molar-refractivity contribution in [3.63, 3.8) is 0 Å². The minimum Gasteiger partial charge on any atom is -0.497 e. The third-order valence-corrected chi connectivity index (χ3v) is 7.85. The van der Waals surface area contributed by atoms with Crippen molar-refractivity contribution in [1.29, 1.82) is 0 Å². The first-order valence-corrected chi connectivity index (χ1v) is 13.9. The Balaban J connectivity index is 1.31. The van der Waals surface area contributed by atoms with Crippen molar-refractivity contribution in [3.05, 3.63) is 65.2 Å². The minimum atomic E-state index is -0.497. The van der Waals surface area contributed by atoms with Gasteiger partial charge in [-0.2, -0.15) is 0 Å². The molecule has 0 spiro atoms. The van der Waals surface area contributed by atoms with Crippen molar-refractivity contribution < 1.29 is 28.8 Å². The monoisotopic (exact) mass is 532 g/mol. The fourth-order valence-corrected chi connectivity index (χ4v) is 5.58. The maximum Gasteiger partial charge on any atom is 0.306 e. The predicted molar refractivity (Wildman–Crippen MR) is 151 cm³/mol. The summed E-state index contributed by atoms with van der Waals surface area (Å²) in [4.78, 5) is 12.4. The first-order chi connectivity index (χ1) is 18.9. The third-order valence-electron chi connectivity index (χ3n) is 7.85. The van der Waals surface area contributed by atoms with Gasteiger partial charge in [0, 0.05) is 36.0 Å². The van der Waals surface area contributed by atoms with Gasteiger partial charge in [0.15, 0.2) is 0 Å². The zero-order valence-corrected chi connectivity index (χ0v) is 23.4. The van der Waals surface area contributed by atoms with Crippen LogP contribution in [0.25, 0.3) is 0 Å². The number of aliphatic hydroxyl groups is 1. The Bertz CT molecular complexity index is 1220. The van der Waals surface area contributed by atoms with Gasteiger partial charge in [0.1, 0.15) is 30.0 Å². The van der Waals surface area contributed by atoms with Gasteiger partial charge in [0.2, 0.25) is 0 Å². The number of hydrogen-bond donors (Lipinski definition) is 1. The van der Waals surface area contributed by atoms with E-state index in [1.54, 1.807) is 20.3 Å². The Kier molecular flexibility index (Phi) is 9.95. The molecule has 0 bridgehead atoms. The van der Waals surface area contributed by atoms with Gasteiger partial charge < -0.3 is 24.1 Å². The number of benzene rings is 2. The Morgan fingerprint density at radius 1 is 1.18 bits per heavy atom. The van der Waals surface area contributed by atoms with Crippen molar-refractivity contribution in [2.24, 2.45) is 11.8 Å². The average molecular weight is 533 g/mol. The van der Waals surface area contributed by atoms with E-state index in [0.29, 0.717) is 42.6 Å². The lowest BCUT2D eigenvalue weighted by molar-refractivity contribution is -0.145. The standard InChI is InChI=1S/C33H40O6/c1-5-6-9-22(2)28(34)18-15-23-16-19-29-32(23)27-12-7-10-24(33(27)39-29)11-8-13-31(35)38-21-25-14-17-26(36-3)20-30(25)37-4/h7,10,12,14-15,17-18,20,22-23,28-29,32,34H,8-9,11,13,16,19,21H2,1-4H3/b18-15+. The first-order valence-electron chi connectivity index (χ1n) is 13.9. The highest BCUT2D eigenvalue weighted by atomic mass is 16.5. The lowest BCUT2D eigenvalue weighted by Crippen LogP contribution is -2.17. The van der Waals surface area contributed by atoms with E-state index in [9.17, 15) is 9.90 Å². The molecule has 2 aliphatic rings. The Hall–Kier alpha value is -3.43. The number of allylic oxidation sites excluding steroid dienone is 1.